The van der Waals surface area contributed by atoms with Crippen LogP contribution in [0.15, 0.2) is 18.5 Å². The molecule has 96 valence electrons. The molecular formula is C13H24N4. The molecule has 0 saturated carbocycles. The Morgan fingerprint density at radius 3 is 2.82 bits per heavy atom. The van der Waals surface area contributed by atoms with Crippen LogP contribution in [0.1, 0.15) is 26.2 Å². The van der Waals surface area contributed by atoms with Crippen LogP contribution in [-0.2, 0) is 6.54 Å². The second kappa shape index (κ2) is 6.77. The number of piperidine rings is 1. The van der Waals surface area contributed by atoms with Crippen LogP contribution in [0.4, 0.5) is 0 Å². The van der Waals surface area contributed by atoms with E-state index in [2.05, 4.69) is 22.2 Å². The Balaban J connectivity index is 1.57. The summed E-state index contributed by atoms with van der Waals surface area (Å²) in [6, 6.07) is 2.63. The molecule has 0 aromatic carbocycles. The Kier molecular flexibility index (Phi) is 5.01. The van der Waals surface area contributed by atoms with Crippen LogP contribution in [0.5, 0.6) is 0 Å². The summed E-state index contributed by atoms with van der Waals surface area (Å²) in [5.41, 5.74) is 0. The van der Waals surface area contributed by atoms with Crippen molar-refractivity contribution in [3.8, 4) is 0 Å². The van der Waals surface area contributed by atoms with E-state index in [1.54, 1.807) is 0 Å². The van der Waals surface area contributed by atoms with Gasteiger partial charge in [-0.15, -0.1) is 0 Å². The average molecular weight is 236 g/mol. The van der Waals surface area contributed by atoms with Crippen LogP contribution in [0.2, 0.25) is 0 Å². The summed E-state index contributed by atoms with van der Waals surface area (Å²) in [6.45, 7) is 7.93. The summed E-state index contributed by atoms with van der Waals surface area (Å²) in [5.74, 6) is 0. The molecule has 1 aliphatic heterocycles. The molecule has 0 radical (unpaired) electrons. The van der Waals surface area contributed by atoms with Gasteiger partial charge in [0.2, 0.25) is 0 Å². The highest BCUT2D eigenvalue weighted by Crippen LogP contribution is 2.11. The highest BCUT2D eigenvalue weighted by molar-refractivity contribution is 4.78. The SMILES string of the molecule is CC(CNCCn1cccn1)N1CCCCC1. The van der Waals surface area contributed by atoms with Gasteiger partial charge >= 0.3 is 0 Å². The molecule has 1 aromatic heterocycles. The van der Waals surface area contributed by atoms with Gasteiger partial charge in [0.05, 0.1) is 6.54 Å². The molecule has 4 nitrogen and oxygen atoms in total. The number of rotatable bonds is 6. The van der Waals surface area contributed by atoms with Gasteiger partial charge in [0.25, 0.3) is 0 Å². The molecule has 0 spiro atoms. The van der Waals surface area contributed by atoms with Crippen LogP contribution in [0.25, 0.3) is 0 Å². The van der Waals surface area contributed by atoms with Crippen molar-refractivity contribution >= 4 is 0 Å². The summed E-state index contributed by atoms with van der Waals surface area (Å²) in [7, 11) is 0. The molecule has 1 aliphatic rings. The van der Waals surface area contributed by atoms with Crippen molar-refractivity contribution in [2.24, 2.45) is 0 Å². The van der Waals surface area contributed by atoms with Crippen molar-refractivity contribution in [3.05, 3.63) is 18.5 Å². The van der Waals surface area contributed by atoms with Gasteiger partial charge in [-0.3, -0.25) is 9.58 Å². The third-order valence-corrected chi connectivity index (χ3v) is 3.53. The fraction of sp³-hybridized carbons (Fsp3) is 0.769. The number of nitrogens with one attached hydrogen (secondary N) is 1. The number of hydrogen-bond acceptors (Lipinski definition) is 3. The van der Waals surface area contributed by atoms with Crippen molar-refractivity contribution in [2.45, 2.75) is 38.8 Å². The number of hydrogen-bond donors (Lipinski definition) is 1. The van der Waals surface area contributed by atoms with Crippen LogP contribution in [0, 0.1) is 0 Å². The molecule has 0 amide bonds. The molecule has 1 aromatic rings. The van der Waals surface area contributed by atoms with Gasteiger partial charge in [-0.05, 0) is 38.9 Å². The summed E-state index contributed by atoms with van der Waals surface area (Å²) in [5, 5.41) is 7.71. The molecule has 4 heteroatoms. The number of likely N-dealkylation sites (tertiary alicyclic amines) is 1. The van der Waals surface area contributed by atoms with E-state index in [1.165, 1.54) is 32.4 Å². The van der Waals surface area contributed by atoms with E-state index in [9.17, 15) is 0 Å². The van der Waals surface area contributed by atoms with E-state index < -0.39 is 0 Å². The third-order valence-electron chi connectivity index (χ3n) is 3.53. The molecule has 17 heavy (non-hydrogen) atoms. The van der Waals surface area contributed by atoms with Gasteiger partial charge in [-0.25, -0.2) is 0 Å². The predicted molar refractivity (Wildman–Crippen MR) is 70.0 cm³/mol. The predicted octanol–water partition coefficient (Wildman–Crippen LogP) is 1.35. The lowest BCUT2D eigenvalue weighted by molar-refractivity contribution is 0.170. The Morgan fingerprint density at radius 2 is 2.12 bits per heavy atom. The van der Waals surface area contributed by atoms with Crippen molar-refractivity contribution in [3.63, 3.8) is 0 Å². The second-order valence-electron chi connectivity index (χ2n) is 4.92. The van der Waals surface area contributed by atoms with Gasteiger partial charge in [-0.2, -0.15) is 5.10 Å². The van der Waals surface area contributed by atoms with E-state index >= 15 is 0 Å². The van der Waals surface area contributed by atoms with Gasteiger partial charge < -0.3 is 5.32 Å². The molecule has 1 unspecified atom stereocenters. The first-order chi connectivity index (χ1) is 8.36. The quantitative estimate of drug-likeness (QED) is 0.757. The van der Waals surface area contributed by atoms with Crippen LogP contribution in [-0.4, -0.2) is 46.9 Å². The second-order valence-corrected chi connectivity index (χ2v) is 4.92. The molecule has 2 rings (SSSR count). The molecule has 0 aliphatic carbocycles. The van der Waals surface area contributed by atoms with Crippen LogP contribution < -0.4 is 5.32 Å². The first-order valence-electron chi connectivity index (χ1n) is 6.78. The maximum absolute atomic E-state index is 4.19. The number of aromatic nitrogens is 2. The zero-order chi connectivity index (χ0) is 11.9. The Morgan fingerprint density at radius 1 is 1.29 bits per heavy atom. The number of nitrogens with zero attached hydrogens (tertiary/aromatic N) is 3. The minimum Gasteiger partial charge on any atom is -0.313 e. The molecule has 1 fully saturated rings. The van der Waals surface area contributed by atoms with Gasteiger partial charge in [-0.1, -0.05) is 6.42 Å². The van der Waals surface area contributed by atoms with Crippen molar-refractivity contribution < 1.29 is 0 Å². The molecule has 1 N–H and O–H groups in total. The minimum atomic E-state index is 0.660. The summed E-state index contributed by atoms with van der Waals surface area (Å²) in [6.07, 6.45) is 8.00. The lowest BCUT2D eigenvalue weighted by atomic mass is 10.1. The summed E-state index contributed by atoms with van der Waals surface area (Å²) >= 11 is 0. The third kappa shape index (κ3) is 4.13. The van der Waals surface area contributed by atoms with Gasteiger partial charge in [0.15, 0.2) is 0 Å². The van der Waals surface area contributed by atoms with Crippen molar-refractivity contribution in [1.29, 1.82) is 0 Å². The Hall–Kier alpha value is -0.870. The topological polar surface area (TPSA) is 33.1 Å². The van der Waals surface area contributed by atoms with E-state index in [1.807, 2.05) is 23.1 Å². The lowest BCUT2D eigenvalue weighted by Gasteiger charge is -2.32. The molecule has 1 saturated heterocycles. The smallest absolute Gasteiger partial charge is 0.0533 e. The molecule has 0 bridgehead atoms. The maximum atomic E-state index is 4.19. The van der Waals surface area contributed by atoms with Crippen LogP contribution in [0.3, 0.4) is 0 Å². The fourth-order valence-electron chi connectivity index (χ4n) is 2.43. The molecule has 2 heterocycles. The maximum Gasteiger partial charge on any atom is 0.0533 e. The summed E-state index contributed by atoms with van der Waals surface area (Å²) < 4.78 is 1.97. The van der Waals surface area contributed by atoms with E-state index in [-0.39, 0.29) is 0 Å². The minimum absolute atomic E-state index is 0.660. The lowest BCUT2D eigenvalue weighted by Crippen LogP contribution is -2.43. The highest BCUT2D eigenvalue weighted by Gasteiger charge is 2.15. The zero-order valence-corrected chi connectivity index (χ0v) is 10.8. The Labute approximate surface area is 104 Å². The normalized spacial score (nSPS) is 19.4. The first-order valence-corrected chi connectivity index (χ1v) is 6.78. The monoisotopic (exact) mass is 236 g/mol. The Bertz CT molecular complexity index is 290. The first kappa shape index (κ1) is 12.6. The van der Waals surface area contributed by atoms with E-state index in [4.69, 9.17) is 0 Å². The largest absolute Gasteiger partial charge is 0.313 e. The van der Waals surface area contributed by atoms with Crippen molar-refractivity contribution in [2.75, 3.05) is 26.2 Å². The van der Waals surface area contributed by atoms with Crippen LogP contribution >= 0.6 is 0 Å². The zero-order valence-electron chi connectivity index (χ0n) is 10.8. The van der Waals surface area contributed by atoms with Gasteiger partial charge in [0.1, 0.15) is 0 Å². The molecule has 1 atom stereocenters. The standard InChI is InChI=1S/C13H24N4/c1-13(16-8-3-2-4-9-16)12-14-7-11-17-10-5-6-15-17/h5-6,10,13-14H,2-4,7-9,11-12H2,1H3. The van der Waals surface area contributed by atoms with Crippen molar-refractivity contribution in [1.82, 2.24) is 20.0 Å². The van der Waals surface area contributed by atoms with Gasteiger partial charge in [0, 0.05) is 31.5 Å². The fourth-order valence-corrected chi connectivity index (χ4v) is 2.43. The summed E-state index contributed by atoms with van der Waals surface area (Å²) in [4.78, 5) is 2.60. The van der Waals surface area contributed by atoms with E-state index in [0.717, 1.165) is 19.6 Å². The average Bonchev–Trinajstić information content (AvgIpc) is 2.88. The van der Waals surface area contributed by atoms with E-state index in [0.29, 0.717) is 6.04 Å². The highest BCUT2D eigenvalue weighted by atomic mass is 15.3. The molecular weight excluding hydrogens is 212 g/mol.